The number of hydrogen-bond donors (Lipinski definition) is 0. The van der Waals surface area contributed by atoms with Gasteiger partial charge in [0.05, 0.1) is 11.1 Å². The molecule has 1 atom stereocenters. The average molecular weight is 706 g/mol. The van der Waals surface area contributed by atoms with Crippen LogP contribution in [0.15, 0.2) is 186 Å². The standard InChI is InChI=1S/C53H39NO/c1-52(2)43-23-12-10-20-39(43)40-30-28-36(32-45(40)52)54(47-25-15-27-49-51(47)42-21-11-13-26-48(42)55-49)37-29-31-41-46(33-37)53(3,35-18-8-5-9-19-35)44-24-14-22-38(50(41)44)34-16-6-4-7-17-34/h4-33H,1-3H3. The van der Waals surface area contributed by atoms with Crippen LogP contribution in [-0.4, -0.2) is 0 Å². The van der Waals surface area contributed by atoms with Crippen molar-refractivity contribution < 1.29 is 4.42 Å². The quantitative estimate of drug-likeness (QED) is 0.177. The lowest BCUT2D eigenvalue weighted by Crippen LogP contribution is -2.23. The Kier molecular flexibility index (Phi) is 6.76. The van der Waals surface area contributed by atoms with Gasteiger partial charge in [-0.15, -0.1) is 0 Å². The topological polar surface area (TPSA) is 16.4 Å². The Hall–Kier alpha value is -6.64. The minimum absolute atomic E-state index is 0.138. The number of fused-ring (bicyclic) bond motifs is 9. The SMILES string of the molecule is CC1(C)c2ccccc2-c2ccc(N(c3ccc4c(c3)C(C)(c3ccccc3)c3cccc(-c5ccccc5)c3-4)c3cccc4oc5ccccc5c34)cc21. The van der Waals surface area contributed by atoms with Gasteiger partial charge in [-0.05, 0) is 111 Å². The van der Waals surface area contributed by atoms with Crippen molar-refractivity contribution in [3.8, 4) is 33.4 Å². The first-order valence-corrected chi connectivity index (χ1v) is 19.3. The first-order chi connectivity index (χ1) is 26.9. The lowest BCUT2D eigenvalue weighted by molar-refractivity contribution is 0.660. The normalized spacial score (nSPS) is 16.1. The van der Waals surface area contributed by atoms with E-state index in [0.29, 0.717) is 0 Å². The Morgan fingerprint density at radius 2 is 1.04 bits per heavy atom. The molecule has 2 nitrogen and oxygen atoms in total. The molecule has 0 fully saturated rings. The highest BCUT2D eigenvalue weighted by molar-refractivity contribution is 6.13. The van der Waals surface area contributed by atoms with Crippen molar-refractivity contribution >= 4 is 39.0 Å². The summed E-state index contributed by atoms with van der Waals surface area (Å²) in [4.78, 5) is 2.47. The summed E-state index contributed by atoms with van der Waals surface area (Å²) >= 11 is 0. The highest BCUT2D eigenvalue weighted by atomic mass is 16.3. The Morgan fingerprint density at radius 3 is 1.85 bits per heavy atom. The fourth-order valence-electron chi connectivity index (χ4n) is 9.85. The molecule has 0 N–H and O–H groups in total. The number of nitrogens with zero attached hydrogens (tertiary/aromatic N) is 1. The molecule has 0 amide bonds. The molecule has 2 aliphatic carbocycles. The van der Waals surface area contributed by atoms with Gasteiger partial charge in [0.25, 0.3) is 0 Å². The monoisotopic (exact) mass is 705 g/mol. The molecule has 0 spiro atoms. The lowest BCUT2D eigenvalue weighted by atomic mass is 9.74. The highest BCUT2D eigenvalue weighted by Gasteiger charge is 2.43. The van der Waals surface area contributed by atoms with Crippen LogP contribution in [-0.2, 0) is 10.8 Å². The maximum absolute atomic E-state index is 6.50. The van der Waals surface area contributed by atoms with Crippen molar-refractivity contribution in [2.75, 3.05) is 4.90 Å². The minimum Gasteiger partial charge on any atom is -0.456 e. The highest BCUT2D eigenvalue weighted by Crippen LogP contribution is 2.57. The number of para-hydroxylation sites is 1. The van der Waals surface area contributed by atoms with Gasteiger partial charge in [-0.25, -0.2) is 0 Å². The summed E-state index contributed by atoms with van der Waals surface area (Å²) < 4.78 is 6.50. The summed E-state index contributed by atoms with van der Waals surface area (Å²) in [5, 5.41) is 2.23. The molecule has 0 saturated carbocycles. The van der Waals surface area contributed by atoms with Crippen LogP contribution in [0.2, 0.25) is 0 Å². The molecule has 2 heteroatoms. The van der Waals surface area contributed by atoms with E-state index in [-0.39, 0.29) is 10.8 Å². The van der Waals surface area contributed by atoms with E-state index in [1.165, 1.54) is 61.2 Å². The van der Waals surface area contributed by atoms with Gasteiger partial charge in [0.2, 0.25) is 0 Å². The molecule has 0 bridgehead atoms. The van der Waals surface area contributed by atoms with Gasteiger partial charge < -0.3 is 9.32 Å². The lowest BCUT2D eigenvalue weighted by Gasteiger charge is -2.31. The van der Waals surface area contributed by atoms with Crippen molar-refractivity contribution in [2.24, 2.45) is 0 Å². The first-order valence-electron chi connectivity index (χ1n) is 19.3. The van der Waals surface area contributed by atoms with Crippen molar-refractivity contribution in [3.63, 3.8) is 0 Å². The molecule has 11 rings (SSSR count). The van der Waals surface area contributed by atoms with Gasteiger partial charge in [0, 0.05) is 27.6 Å². The third-order valence-electron chi connectivity index (χ3n) is 12.6. The Bertz CT molecular complexity index is 2970. The van der Waals surface area contributed by atoms with E-state index in [4.69, 9.17) is 4.42 Å². The summed E-state index contributed by atoms with van der Waals surface area (Å²) in [6.07, 6.45) is 0. The molecule has 9 aromatic rings. The van der Waals surface area contributed by atoms with Crippen LogP contribution < -0.4 is 4.90 Å². The molecule has 0 radical (unpaired) electrons. The van der Waals surface area contributed by atoms with E-state index in [1.807, 2.05) is 0 Å². The summed E-state index contributed by atoms with van der Waals surface area (Å²) in [5.41, 5.74) is 18.9. The molecule has 1 unspecified atom stereocenters. The van der Waals surface area contributed by atoms with Gasteiger partial charge in [-0.2, -0.15) is 0 Å². The van der Waals surface area contributed by atoms with E-state index in [2.05, 4.69) is 208 Å². The molecule has 0 saturated heterocycles. The maximum Gasteiger partial charge on any atom is 0.137 e. The number of benzene rings is 8. The van der Waals surface area contributed by atoms with Crippen LogP contribution in [0.3, 0.4) is 0 Å². The number of rotatable bonds is 5. The third-order valence-corrected chi connectivity index (χ3v) is 12.6. The molecule has 1 aromatic heterocycles. The molecule has 0 aliphatic heterocycles. The molecular formula is C53H39NO. The van der Waals surface area contributed by atoms with Gasteiger partial charge in [-0.1, -0.05) is 153 Å². The summed E-state index contributed by atoms with van der Waals surface area (Å²) in [6.45, 7) is 7.13. The molecule has 2 aliphatic rings. The first kappa shape index (κ1) is 31.8. The van der Waals surface area contributed by atoms with Crippen molar-refractivity contribution in [3.05, 3.63) is 210 Å². The zero-order chi connectivity index (χ0) is 36.9. The molecule has 55 heavy (non-hydrogen) atoms. The van der Waals surface area contributed by atoms with Crippen LogP contribution in [0.1, 0.15) is 48.6 Å². The zero-order valence-electron chi connectivity index (χ0n) is 31.2. The predicted molar refractivity (Wildman–Crippen MR) is 229 cm³/mol. The van der Waals surface area contributed by atoms with Crippen LogP contribution >= 0.6 is 0 Å². The fourth-order valence-corrected chi connectivity index (χ4v) is 9.85. The second kappa shape index (κ2) is 11.7. The summed E-state index contributed by atoms with van der Waals surface area (Å²) in [5.74, 6) is 0. The number of hydrogen-bond acceptors (Lipinski definition) is 2. The Morgan fingerprint density at radius 1 is 0.436 bits per heavy atom. The molecular weight excluding hydrogens is 667 g/mol. The second-order valence-corrected chi connectivity index (χ2v) is 15.8. The van der Waals surface area contributed by atoms with Crippen molar-refractivity contribution in [2.45, 2.75) is 31.6 Å². The summed E-state index contributed by atoms with van der Waals surface area (Å²) in [7, 11) is 0. The van der Waals surface area contributed by atoms with Crippen LogP contribution in [0.25, 0.3) is 55.3 Å². The van der Waals surface area contributed by atoms with Crippen molar-refractivity contribution in [1.29, 1.82) is 0 Å². The minimum atomic E-state index is -0.381. The Balaban J connectivity index is 1.19. The summed E-state index contributed by atoms with van der Waals surface area (Å²) in [6, 6.07) is 66.7. The van der Waals surface area contributed by atoms with Crippen LogP contribution in [0, 0.1) is 0 Å². The second-order valence-electron chi connectivity index (χ2n) is 15.8. The van der Waals surface area contributed by atoms with Crippen LogP contribution in [0.4, 0.5) is 17.1 Å². The largest absolute Gasteiger partial charge is 0.456 e. The van der Waals surface area contributed by atoms with Gasteiger partial charge in [0.15, 0.2) is 0 Å². The van der Waals surface area contributed by atoms with E-state index < -0.39 is 0 Å². The van der Waals surface area contributed by atoms with E-state index in [9.17, 15) is 0 Å². The number of anilines is 3. The third kappa shape index (κ3) is 4.49. The van der Waals surface area contributed by atoms with Gasteiger partial charge >= 0.3 is 0 Å². The number of furan rings is 1. The van der Waals surface area contributed by atoms with E-state index in [0.717, 1.165) is 39.0 Å². The Labute approximate surface area is 322 Å². The average Bonchev–Trinajstić information content (AvgIpc) is 3.83. The van der Waals surface area contributed by atoms with Crippen LogP contribution in [0.5, 0.6) is 0 Å². The molecule has 262 valence electrons. The van der Waals surface area contributed by atoms with E-state index in [1.54, 1.807) is 0 Å². The fraction of sp³-hybridized carbons (Fsp3) is 0.0943. The maximum atomic E-state index is 6.50. The smallest absolute Gasteiger partial charge is 0.137 e. The predicted octanol–water partition coefficient (Wildman–Crippen LogP) is 14.4. The van der Waals surface area contributed by atoms with E-state index >= 15 is 0 Å². The molecule has 1 heterocycles. The molecule has 8 aromatic carbocycles. The zero-order valence-corrected chi connectivity index (χ0v) is 31.2. The van der Waals surface area contributed by atoms with Gasteiger partial charge in [0.1, 0.15) is 11.2 Å². The van der Waals surface area contributed by atoms with Gasteiger partial charge in [-0.3, -0.25) is 0 Å². The van der Waals surface area contributed by atoms with Crippen molar-refractivity contribution in [1.82, 2.24) is 0 Å².